The molecule has 7 nitrogen and oxygen atoms in total. The van der Waals surface area contributed by atoms with Crippen LogP contribution in [0, 0.1) is 13.8 Å². The topological polar surface area (TPSA) is 78.0 Å². The van der Waals surface area contributed by atoms with Gasteiger partial charge in [0.2, 0.25) is 11.7 Å². The minimum atomic E-state index is 0.301. The van der Waals surface area contributed by atoms with E-state index in [2.05, 4.69) is 45.8 Å². The molecule has 3 rings (SSSR count). The van der Waals surface area contributed by atoms with Gasteiger partial charge in [0, 0.05) is 25.7 Å². The van der Waals surface area contributed by atoms with Crippen LogP contribution in [0.5, 0.6) is 5.75 Å². The zero-order valence-electron chi connectivity index (χ0n) is 14.8. The molecule has 0 fully saturated rings. The first-order valence-corrected chi connectivity index (χ1v) is 8.32. The van der Waals surface area contributed by atoms with Crippen molar-refractivity contribution in [3.05, 3.63) is 59.5 Å². The molecule has 0 radical (unpaired) electrons. The Hall–Kier alpha value is -2.67. The number of ether oxygens (including phenoxy) is 1. The van der Waals surface area contributed by atoms with Crippen LogP contribution in [-0.2, 0) is 19.7 Å². The Bertz CT molecular complexity index is 794. The number of aromatic nitrogens is 4. The molecule has 1 aromatic carbocycles. The molecule has 1 N–H and O–H groups in total. The van der Waals surface area contributed by atoms with E-state index in [0.717, 1.165) is 18.8 Å². The summed E-state index contributed by atoms with van der Waals surface area (Å²) in [6.07, 6.45) is 3.93. The van der Waals surface area contributed by atoms with Crippen LogP contribution in [-0.4, -0.2) is 26.0 Å². The second-order valence-electron chi connectivity index (χ2n) is 6.18. The molecular formula is C18H23N5O2. The van der Waals surface area contributed by atoms with E-state index in [1.807, 2.05) is 29.9 Å². The fraction of sp³-hybridized carbons (Fsp3) is 0.389. The van der Waals surface area contributed by atoms with E-state index >= 15 is 0 Å². The number of nitrogens with zero attached hydrogens (tertiary/aromatic N) is 4. The minimum absolute atomic E-state index is 0.301. The van der Waals surface area contributed by atoms with E-state index in [0.29, 0.717) is 24.4 Å². The number of benzene rings is 1. The predicted octanol–water partition coefficient (Wildman–Crippen LogP) is 2.64. The molecule has 0 saturated heterocycles. The molecule has 0 bridgehead atoms. The second-order valence-corrected chi connectivity index (χ2v) is 6.18. The molecule has 132 valence electrons. The molecule has 7 heteroatoms. The third-order valence-corrected chi connectivity index (χ3v) is 3.74. The number of hydrogen-bond donors (Lipinski definition) is 1. The van der Waals surface area contributed by atoms with Gasteiger partial charge in [0.05, 0.1) is 12.7 Å². The van der Waals surface area contributed by atoms with Crippen LogP contribution in [0.1, 0.15) is 29.8 Å². The number of hydrogen-bond acceptors (Lipinski definition) is 6. The molecule has 2 aromatic heterocycles. The van der Waals surface area contributed by atoms with Gasteiger partial charge in [-0.15, -0.1) is 0 Å². The molecule has 25 heavy (non-hydrogen) atoms. The van der Waals surface area contributed by atoms with Crippen molar-refractivity contribution in [2.75, 3.05) is 0 Å². The summed E-state index contributed by atoms with van der Waals surface area (Å²) in [5, 5.41) is 11.6. The van der Waals surface area contributed by atoms with E-state index in [1.165, 1.54) is 11.1 Å². The molecule has 0 amide bonds. The Kier molecular flexibility index (Phi) is 5.45. The van der Waals surface area contributed by atoms with Crippen molar-refractivity contribution in [1.82, 2.24) is 25.2 Å². The van der Waals surface area contributed by atoms with Crippen LogP contribution < -0.4 is 10.1 Å². The summed E-state index contributed by atoms with van der Waals surface area (Å²) in [7, 11) is 0. The lowest BCUT2D eigenvalue weighted by atomic mass is 10.2. The number of nitrogens with one attached hydrogen (secondary N) is 1. The summed E-state index contributed by atoms with van der Waals surface area (Å²) in [4.78, 5) is 4.11. The molecule has 0 aliphatic rings. The van der Waals surface area contributed by atoms with Crippen LogP contribution in [0.3, 0.4) is 0 Å². The van der Waals surface area contributed by atoms with Gasteiger partial charge in [-0.05, 0) is 37.1 Å². The second kappa shape index (κ2) is 7.94. The largest absolute Gasteiger partial charge is 0.485 e. The van der Waals surface area contributed by atoms with Gasteiger partial charge in [0.25, 0.3) is 0 Å². The molecule has 1 atom stereocenters. The van der Waals surface area contributed by atoms with Crippen molar-refractivity contribution in [3.63, 3.8) is 0 Å². The van der Waals surface area contributed by atoms with Crippen molar-refractivity contribution in [2.45, 2.75) is 46.5 Å². The third-order valence-electron chi connectivity index (χ3n) is 3.74. The van der Waals surface area contributed by atoms with Crippen molar-refractivity contribution in [3.8, 4) is 5.75 Å². The van der Waals surface area contributed by atoms with Gasteiger partial charge in [-0.2, -0.15) is 10.1 Å². The summed E-state index contributed by atoms with van der Waals surface area (Å²) >= 11 is 0. The van der Waals surface area contributed by atoms with Gasteiger partial charge in [0.1, 0.15) is 5.75 Å². The predicted molar refractivity (Wildman–Crippen MR) is 93.1 cm³/mol. The Morgan fingerprint density at radius 2 is 2.04 bits per heavy atom. The van der Waals surface area contributed by atoms with Crippen LogP contribution in [0.4, 0.5) is 0 Å². The fourth-order valence-electron chi connectivity index (χ4n) is 2.46. The molecule has 0 saturated carbocycles. The molecule has 0 aliphatic carbocycles. The Balaban J connectivity index is 1.44. The van der Waals surface area contributed by atoms with E-state index in [9.17, 15) is 0 Å². The Morgan fingerprint density at radius 3 is 2.68 bits per heavy atom. The summed E-state index contributed by atoms with van der Waals surface area (Å²) in [6.45, 7) is 7.90. The standard InChI is InChI=1S/C18H23N5O2/c1-13-8-20-23(10-13)11-14(2)19-9-16-4-6-17(7-5-16)24-12-18-21-15(3)25-22-18/h4-8,10,14,19H,9,11-12H2,1-3H3/t14-/m1/s1. The lowest BCUT2D eigenvalue weighted by Gasteiger charge is -2.14. The highest BCUT2D eigenvalue weighted by molar-refractivity contribution is 5.27. The highest BCUT2D eigenvalue weighted by Gasteiger charge is 2.05. The normalized spacial score (nSPS) is 12.3. The van der Waals surface area contributed by atoms with Crippen LogP contribution >= 0.6 is 0 Å². The first kappa shape index (κ1) is 17.2. The summed E-state index contributed by atoms with van der Waals surface area (Å²) < 4.78 is 12.5. The van der Waals surface area contributed by atoms with Crippen LogP contribution in [0.2, 0.25) is 0 Å². The maximum atomic E-state index is 5.65. The van der Waals surface area contributed by atoms with Crippen LogP contribution in [0.15, 0.2) is 41.2 Å². The Labute approximate surface area is 147 Å². The smallest absolute Gasteiger partial charge is 0.223 e. The summed E-state index contributed by atoms with van der Waals surface area (Å²) in [5.41, 5.74) is 2.38. The van der Waals surface area contributed by atoms with Gasteiger partial charge < -0.3 is 14.6 Å². The molecular weight excluding hydrogens is 318 g/mol. The SMILES string of the molecule is Cc1cnn(C[C@@H](C)NCc2ccc(OCc3noc(C)n3)cc2)c1. The lowest BCUT2D eigenvalue weighted by Crippen LogP contribution is -2.30. The van der Waals surface area contributed by atoms with Crippen LogP contribution in [0.25, 0.3) is 0 Å². The fourth-order valence-corrected chi connectivity index (χ4v) is 2.46. The van der Waals surface area contributed by atoms with Gasteiger partial charge in [-0.25, -0.2) is 0 Å². The number of rotatable bonds is 8. The minimum Gasteiger partial charge on any atom is -0.485 e. The van der Waals surface area contributed by atoms with Gasteiger partial charge >= 0.3 is 0 Å². The van der Waals surface area contributed by atoms with Gasteiger partial charge in [-0.3, -0.25) is 4.68 Å². The van der Waals surface area contributed by atoms with E-state index in [4.69, 9.17) is 9.26 Å². The monoisotopic (exact) mass is 341 g/mol. The van der Waals surface area contributed by atoms with Crippen molar-refractivity contribution >= 4 is 0 Å². The average Bonchev–Trinajstić information content (AvgIpc) is 3.20. The quantitative estimate of drug-likeness (QED) is 0.679. The zero-order chi connectivity index (χ0) is 17.6. The maximum absolute atomic E-state index is 5.65. The molecule has 2 heterocycles. The van der Waals surface area contributed by atoms with E-state index in [1.54, 1.807) is 6.92 Å². The molecule has 0 spiro atoms. The third kappa shape index (κ3) is 5.15. The zero-order valence-corrected chi connectivity index (χ0v) is 14.8. The summed E-state index contributed by atoms with van der Waals surface area (Å²) in [6, 6.07) is 8.33. The van der Waals surface area contributed by atoms with Crippen molar-refractivity contribution < 1.29 is 9.26 Å². The first-order chi connectivity index (χ1) is 12.1. The van der Waals surface area contributed by atoms with Gasteiger partial charge in [0.15, 0.2) is 6.61 Å². The number of aryl methyl sites for hydroxylation is 2. The molecule has 0 unspecified atom stereocenters. The van der Waals surface area contributed by atoms with E-state index < -0.39 is 0 Å². The highest BCUT2D eigenvalue weighted by Crippen LogP contribution is 2.13. The first-order valence-electron chi connectivity index (χ1n) is 8.32. The van der Waals surface area contributed by atoms with Crippen molar-refractivity contribution in [1.29, 1.82) is 0 Å². The Morgan fingerprint density at radius 1 is 1.24 bits per heavy atom. The summed E-state index contributed by atoms with van der Waals surface area (Å²) in [5.74, 6) is 1.87. The average molecular weight is 341 g/mol. The highest BCUT2D eigenvalue weighted by atomic mass is 16.5. The van der Waals surface area contributed by atoms with Crippen molar-refractivity contribution in [2.24, 2.45) is 0 Å². The van der Waals surface area contributed by atoms with E-state index in [-0.39, 0.29) is 0 Å². The molecule has 0 aliphatic heterocycles. The molecule has 3 aromatic rings. The van der Waals surface area contributed by atoms with Gasteiger partial charge in [-0.1, -0.05) is 17.3 Å². The lowest BCUT2D eigenvalue weighted by molar-refractivity contribution is 0.285. The maximum Gasteiger partial charge on any atom is 0.223 e.